The number of nitrogens with one attached hydrogen (secondary N) is 1. The van der Waals surface area contributed by atoms with Crippen LogP contribution in [0.5, 0.6) is 0 Å². The van der Waals surface area contributed by atoms with E-state index in [-0.39, 0.29) is 23.0 Å². The van der Waals surface area contributed by atoms with Crippen LogP contribution in [0.4, 0.5) is 4.39 Å². The predicted molar refractivity (Wildman–Crippen MR) is 127 cm³/mol. The molecule has 9 heteroatoms. The number of nitrogens with zero attached hydrogens (tertiary/aromatic N) is 3. The Kier molecular flexibility index (Phi) is 7.18. The SMILES string of the molecule is O=C(CSCSc1nc2ccccc2c(=O)n1-c1ccc(F)cc1)NCc1ccccn1. The summed E-state index contributed by atoms with van der Waals surface area (Å²) in [5, 5.41) is 4.33. The van der Waals surface area contributed by atoms with Crippen LogP contribution in [0.15, 0.2) is 82.9 Å². The summed E-state index contributed by atoms with van der Waals surface area (Å²) in [5.41, 5.74) is 1.71. The number of hydrogen-bond acceptors (Lipinski definition) is 6. The molecule has 0 spiro atoms. The quantitative estimate of drug-likeness (QED) is 0.183. The van der Waals surface area contributed by atoms with Crippen molar-refractivity contribution in [3.8, 4) is 5.69 Å². The molecule has 1 N–H and O–H groups in total. The zero-order valence-electron chi connectivity index (χ0n) is 16.9. The fourth-order valence-electron chi connectivity index (χ4n) is 3.00. The van der Waals surface area contributed by atoms with Crippen LogP contribution in [0.25, 0.3) is 16.6 Å². The summed E-state index contributed by atoms with van der Waals surface area (Å²) < 4.78 is 14.9. The number of carbonyl (C=O) groups is 1. The number of benzene rings is 2. The van der Waals surface area contributed by atoms with Gasteiger partial charge in [0.2, 0.25) is 5.91 Å². The molecule has 0 saturated carbocycles. The minimum atomic E-state index is -0.378. The van der Waals surface area contributed by atoms with Crippen LogP contribution in [0, 0.1) is 5.82 Å². The molecule has 0 aliphatic rings. The molecule has 0 radical (unpaired) electrons. The Morgan fingerprint density at radius 3 is 2.59 bits per heavy atom. The third kappa shape index (κ3) is 5.35. The zero-order valence-corrected chi connectivity index (χ0v) is 18.5. The van der Waals surface area contributed by atoms with Crippen LogP contribution in [-0.4, -0.2) is 31.3 Å². The number of aromatic nitrogens is 3. The van der Waals surface area contributed by atoms with Gasteiger partial charge in [0.1, 0.15) is 5.82 Å². The third-order valence-electron chi connectivity index (χ3n) is 4.53. The van der Waals surface area contributed by atoms with Gasteiger partial charge in [0.25, 0.3) is 5.56 Å². The average molecular weight is 467 g/mol. The second kappa shape index (κ2) is 10.4. The monoisotopic (exact) mass is 466 g/mol. The highest BCUT2D eigenvalue weighted by Crippen LogP contribution is 2.24. The number of fused-ring (bicyclic) bond motifs is 1. The van der Waals surface area contributed by atoms with Gasteiger partial charge >= 0.3 is 0 Å². The van der Waals surface area contributed by atoms with E-state index in [1.165, 1.54) is 40.2 Å². The van der Waals surface area contributed by atoms with Gasteiger partial charge < -0.3 is 5.32 Å². The van der Waals surface area contributed by atoms with E-state index in [1.807, 2.05) is 24.3 Å². The van der Waals surface area contributed by atoms with Crippen LogP contribution < -0.4 is 10.9 Å². The number of pyridine rings is 1. The highest BCUT2D eigenvalue weighted by atomic mass is 32.2. The molecule has 0 fully saturated rings. The van der Waals surface area contributed by atoms with E-state index in [2.05, 4.69) is 15.3 Å². The Labute approximate surface area is 192 Å². The van der Waals surface area contributed by atoms with Gasteiger partial charge in [-0.2, -0.15) is 0 Å². The first-order valence-corrected chi connectivity index (χ1v) is 11.9. The molecule has 0 saturated heterocycles. The van der Waals surface area contributed by atoms with Gasteiger partial charge in [-0.15, -0.1) is 11.8 Å². The topological polar surface area (TPSA) is 76.9 Å². The van der Waals surface area contributed by atoms with Crippen molar-refractivity contribution in [3.05, 3.63) is 94.8 Å². The summed E-state index contributed by atoms with van der Waals surface area (Å²) in [5.74, 6) is -0.200. The first-order chi connectivity index (χ1) is 15.6. The maximum atomic E-state index is 13.4. The number of amides is 1. The van der Waals surface area contributed by atoms with Gasteiger partial charge in [-0.3, -0.25) is 19.1 Å². The molecule has 0 atom stereocenters. The highest BCUT2D eigenvalue weighted by molar-refractivity contribution is 8.16. The largest absolute Gasteiger partial charge is 0.350 e. The Balaban J connectivity index is 1.45. The fourth-order valence-corrected chi connectivity index (χ4v) is 4.85. The summed E-state index contributed by atoms with van der Waals surface area (Å²) in [7, 11) is 0. The normalized spacial score (nSPS) is 10.9. The van der Waals surface area contributed by atoms with Crippen LogP contribution in [0.2, 0.25) is 0 Å². The Hall–Kier alpha value is -3.17. The second-order valence-corrected chi connectivity index (χ2v) is 9.03. The minimum absolute atomic E-state index is 0.0938. The summed E-state index contributed by atoms with van der Waals surface area (Å²) in [6.45, 7) is 0.379. The van der Waals surface area contributed by atoms with Crippen LogP contribution in [-0.2, 0) is 11.3 Å². The van der Waals surface area contributed by atoms with Crippen molar-refractivity contribution in [2.75, 3.05) is 10.8 Å². The lowest BCUT2D eigenvalue weighted by Gasteiger charge is -2.13. The molecule has 0 bridgehead atoms. The predicted octanol–water partition coefficient (Wildman–Crippen LogP) is 4.02. The number of rotatable bonds is 8. The summed E-state index contributed by atoms with van der Waals surface area (Å²) in [6.07, 6.45) is 1.68. The minimum Gasteiger partial charge on any atom is -0.350 e. The first-order valence-electron chi connectivity index (χ1n) is 9.77. The molecule has 4 aromatic rings. The van der Waals surface area contributed by atoms with Crippen molar-refractivity contribution in [1.82, 2.24) is 19.9 Å². The molecule has 1 amide bonds. The number of carbonyl (C=O) groups excluding carboxylic acids is 1. The summed E-state index contributed by atoms with van der Waals surface area (Å²) >= 11 is 2.78. The van der Waals surface area contributed by atoms with Gasteiger partial charge in [0.15, 0.2) is 5.16 Å². The molecule has 2 aromatic carbocycles. The molecule has 6 nitrogen and oxygen atoms in total. The van der Waals surface area contributed by atoms with Gasteiger partial charge in [0, 0.05) is 11.3 Å². The standard InChI is InChI=1S/C23H19FN4O2S2/c24-16-8-10-18(11-9-16)28-22(30)19-6-1-2-7-20(19)27-23(28)32-15-31-14-21(29)26-13-17-5-3-4-12-25-17/h1-12H,13-15H2,(H,26,29). The number of hydrogen-bond donors (Lipinski definition) is 1. The molecular weight excluding hydrogens is 447 g/mol. The summed E-state index contributed by atoms with van der Waals surface area (Å²) in [4.78, 5) is 34.0. The van der Waals surface area contributed by atoms with Crippen LogP contribution in [0.3, 0.4) is 0 Å². The summed E-state index contributed by atoms with van der Waals surface area (Å²) in [6, 6.07) is 18.4. The van der Waals surface area contributed by atoms with Crippen molar-refractivity contribution >= 4 is 40.3 Å². The van der Waals surface area contributed by atoms with Gasteiger partial charge in [-0.25, -0.2) is 9.37 Å². The molecule has 0 aliphatic carbocycles. The molecule has 4 rings (SSSR count). The third-order valence-corrected chi connectivity index (χ3v) is 6.66. The van der Waals surface area contributed by atoms with Gasteiger partial charge in [-0.1, -0.05) is 30.0 Å². The van der Waals surface area contributed by atoms with Crippen LogP contribution in [0.1, 0.15) is 5.69 Å². The fraction of sp³-hybridized carbons (Fsp3) is 0.130. The van der Waals surface area contributed by atoms with E-state index in [9.17, 15) is 14.0 Å². The van der Waals surface area contributed by atoms with E-state index >= 15 is 0 Å². The number of para-hydroxylation sites is 1. The van der Waals surface area contributed by atoms with E-state index < -0.39 is 0 Å². The van der Waals surface area contributed by atoms with Crippen molar-refractivity contribution < 1.29 is 9.18 Å². The molecule has 162 valence electrons. The van der Waals surface area contributed by atoms with Crippen molar-refractivity contribution in [1.29, 1.82) is 0 Å². The maximum absolute atomic E-state index is 13.4. The number of halogens is 1. The molecule has 0 unspecified atom stereocenters. The van der Waals surface area contributed by atoms with E-state index in [1.54, 1.807) is 36.5 Å². The zero-order chi connectivity index (χ0) is 22.3. The Morgan fingerprint density at radius 2 is 1.81 bits per heavy atom. The molecule has 2 aromatic heterocycles. The average Bonchev–Trinajstić information content (AvgIpc) is 2.82. The van der Waals surface area contributed by atoms with E-state index in [0.717, 1.165) is 5.69 Å². The van der Waals surface area contributed by atoms with E-state index in [4.69, 9.17) is 0 Å². The molecule has 32 heavy (non-hydrogen) atoms. The lowest BCUT2D eigenvalue weighted by Crippen LogP contribution is -2.25. The van der Waals surface area contributed by atoms with Crippen molar-refractivity contribution in [2.24, 2.45) is 0 Å². The van der Waals surface area contributed by atoms with E-state index in [0.29, 0.717) is 33.4 Å². The van der Waals surface area contributed by atoms with Gasteiger partial charge in [-0.05, 0) is 48.5 Å². The molecule has 0 aliphatic heterocycles. The van der Waals surface area contributed by atoms with Gasteiger partial charge in [0.05, 0.1) is 34.6 Å². The molecular formula is C23H19FN4O2S2. The van der Waals surface area contributed by atoms with Crippen LogP contribution >= 0.6 is 23.5 Å². The highest BCUT2D eigenvalue weighted by Gasteiger charge is 2.14. The smallest absolute Gasteiger partial charge is 0.266 e. The first kappa shape index (κ1) is 22.0. The van der Waals surface area contributed by atoms with Crippen molar-refractivity contribution in [2.45, 2.75) is 11.7 Å². The number of thioether (sulfide) groups is 2. The molecule has 2 heterocycles. The maximum Gasteiger partial charge on any atom is 0.266 e. The lowest BCUT2D eigenvalue weighted by atomic mass is 10.2. The second-order valence-electron chi connectivity index (χ2n) is 6.74. The Morgan fingerprint density at radius 1 is 1.03 bits per heavy atom. The Bertz CT molecular complexity index is 1280. The lowest BCUT2D eigenvalue weighted by molar-refractivity contribution is -0.118. The van der Waals surface area contributed by atoms with Crippen molar-refractivity contribution in [3.63, 3.8) is 0 Å².